The van der Waals surface area contributed by atoms with E-state index in [1.807, 2.05) is 54.6 Å². The Labute approximate surface area is 193 Å². The lowest BCUT2D eigenvalue weighted by molar-refractivity contribution is -0.113. The van der Waals surface area contributed by atoms with Gasteiger partial charge in [0.25, 0.3) is 0 Å². The van der Waals surface area contributed by atoms with Crippen molar-refractivity contribution in [3.8, 4) is 11.5 Å². The highest BCUT2D eigenvalue weighted by molar-refractivity contribution is 7.99. The summed E-state index contributed by atoms with van der Waals surface area (Å²) < 4.78 is 17.5. The largest absolute Gasteiger partial charge is 0.490 e. The van der Waals surface area contributed by atoms with Crippen molar-refractivity contribution in [1.29, 1.82) is 0 Å². The van der Waals surface area contributed by atoms with Gasteiger partial charge in [-0.1, -0.05) is 60.7 Å². The van der Waals surface area contributed by atoms with Crippen LogP contribution in [0.15, 0.2) is 78.9 Å². The molecule has 0 unspecified atom stereocenters. The second kappa shape index (κ2) is 11.6. The molecule has 0 aliphatic carbocycles. The zero-order valence-corrected chi connectivity index (χ0v) is 18.7. The number of anilines is 1. The fraction of sp³-hybridized carbons (Fsp3) is 0.269. The van der Waals surface area contributed by atoms with Gasteiger partial charge in [0, 0.05) is 23.9 Å². The SMILES string of the molecule is O=C(CSCCOC(c1ccccc1)c1ccccc1)Nc1ccc2c(c1)OCCCO2. The van der Waals surface area contributed by atoms with Crippen molar-refractivity contribution in [3.05, 3.63) is 90.0 Å². The van der Waals surface area contributed by atoms with E-state index in [0.717, 1.165) is 29.1 Å². The number of amides is 1. The van der Waals surface area contributed by atoms with Crippen LogP contribution in [-0.4, -0.2) is 37.2 Å². The number of ether oxygens (including phenoxy) is 3. The molecule has 0 fully saturated rings. The molecule has 4 rings (SSSR count). The molecule has 166 valence electrons. The third-order valence-corrected chi connectivity index (χ3v) is 5.90. The van der Waals surface area contributed by atoms with Crippen LogP contribution >= 0.6 is 11.8 Å². The number of rotatable bonds is 9. The quantitative estimate of drug-likeness (QED) is 0.448. The van der Waals surface area contributed by atoms with Gasteiger partial charge >= 0.3 is 0 Å². The van der Waals surface area contributed by atoms with E-state index in [2.05, 4.69) is 29.6 Å². The van der Waals surface area contributed by atoms with E-state index in [1.54, 1.807) is 11.8 Å². The molecule has 1 amide bonds. The Morgan fingerprint density at radius 3 is 2.25 bits per heavy atom. The lowest BCUT2D eigenvalue weighted by atomic mass is 10.0. The molecule has 0 saturated carbocycles. The predicted octanol–water partition coefficient (Wildman–Crippen LogP) is 5.33. The van der Waals surface area contributed by atoms with Crippen LogP contribution in [0.4, 0.5) is 5.69 Å². The number of carbonyl (C=O) groups excluding carboxylic acids is 1. The van der Waals surface area contributed by atoms with Crippen molar-refractivity contribution in [2.45, 2.75) is 12.5 Å². The number of nitrogens with one attached hydrogen (secondary N) is 1. The molecule has 5 nitrogen and oxygen atoms in total. The highest BCUT2D eigenvalue weighted by atomic mass is 32.2. The second-order valence-electron chi connectivity index (χ2n) is 7.38. The molecule has 0 aromatic heterocycles. The summed E-state index contributed by atoms with van der Waals surface area (Å²) in [5.74, 6) is 2.43. The lowest BCUT2D eigenvalue weighted by Gasteiger charge is -2.19. The Bertz CT molecular complexity index is 958. The third-order valence-electron chi connectivity index (χ3n) is 4.98. The van der Waals surface area contributed by atoms with Crippen molar-refractivity contribution in [1.82, 2.24) is 0 Å². The second-order valence-corrected chi connectivity index (χ2v) is 8.49. The van der Waals surface area contributed by atoms with Gasteiger partial charge in [0.2, 0.25) is 5.91 Å². The number of carbonyl (C=O) groups is 1. The maximum absolute atomic E-state index is 12.3. The zero-order valence-electron chi connectivity index (χ0n) is 17.9. The molecule has 3 aromatic rings. The molecule has 32 heavy (non-hydrogen) atoms. The first kappa shape index (κ1) is 22.2. The van der Waals surface area contributed by atoms with Gasteiger partial charge in [-0.2, -0.15) is 0 Å². The van der Waals surface area contributed by atoms with E-state index < -0.39 is 0 Å². The molecular weight excluding hydrogens is 422 g/mol. The lowest BCUT2D eigenvalue weighted by Crippen LogP contribution is -2.15. The zero-order chi connectivity index (χ0) is 22.0. The summed E-state index contributed by atoms with van der Waals surface area (Å²) in [6, 6.07) is 25.9. The van der Waals surface area contributed by atoms with Gasteiger partial charge in [-0.25, -0.2) is 0 Å². The summed E-state index contributed by atoms with van der Waals surface area (Å²) in [6.07, 6.45) is 0.735. The molecule has 0 saturated heterocycles. The minimum absolute atomic E-state index is 0.0489. The fourth-order valence-corrected chi connectivity index (χ4v) is 4.08. The molecule has 0 bridgehead atoms. The summed E-state index contributed by atoms with van der Waals surface area (Å²) in [5.41, 5.74) is 2.95. The Hall–Kier alpha value is -2.96. The summed E-state index contributed by atoms with van der Waals surface area (Å²) >= 11 is 1.55. The van der Waals surface area contributed by atoms with Gasteiger partial charge in [-0.05, 0) is 23.3 Å². The van der Waals surface area contributed by atoms with Gasteiger partial charge in [0.1, 0.15) is 6.10 Å². The topological polar surface area (TPSA) is 56.8 Å². The predicted molar refractivity (Wildman–Crippen MR) is 129 cm³/mol. The average Bonchev–Trinajstić information content (AvgIpc) is 3.07. The van der Waals surface area contributed by atoms with Crippen LogP contribution in [-0.2, 0) is 9.53 Å². The van der Waals surface area contributed by atoms with E-state index in [0.29, 0.717) is 37.0 Å². The van der Waals surface area contributed by atoms with E-state index >= 15 is 0 Å². The van der Waals surface area contributed by atoms with E-state index in [1.165, 1.54) is 0 Å². The van der Waals surface area contributed by atoms with Crippen molar-refractivity contribution in [2.24, 2.45) is 0 Å². The first-order valence-electron chi connectivity index (χ1n) is 10.8. The summed E-state index contributed by atoms with van der Waals surface area (Å²) in [7, 11) is 0. The number of hydrogen-bond donors (Lipinski definition) is 1. The number of thioether (sulfide) groups is 1. The molecule has 1 aliphatic rings. The molecule has 3 aromatic carbocycles. The first-order chi connectivity index (χ1) is 15.8. The molecule has 6 heteroatoms. The average molecular weight is 450 g/mol. The van der Waals surface area contributed by atoms with Crippen LogP contribution in [0.3, 0.4) is 0 Å². The minimum Gasteiger partial charge on any atom is -0.490 e. The molecule has 1 heterocycles. The Kier molecular flexibility index (Phi) is 8.06. The molecule has 0 atom stereocenters. The van der Waals surface area contributed by atoms with Crippen LogP contribution in [0.5, 0.6) is 11.5 Å². The minimum atomic E-state index is -0.117. The fourth-order valence-electron chi connectivity index (χ4n) is 3.47. The first-order valence-corrected chi connectivity index (χ1v) is 11.9. The maximum atomic E-state index is 12.3. The summed E-state index contributed by atoms with van der Waals surface area (Å²) in [6.45, 7) is 1.82. The standard InChI is InChI=1S/C26H27NO4S/c28-25(27-22-12-13-23-24(18-22)30-15-7-14-29-23)19-32-17-16-31-26(20-8-3-1-4-9-20)21-10-5-2-6-11-21/h1-6,8-13,18,26H,7,14-17,19H2,(H,27,28). The van der Waals surface area contributed by atoms with Crippen molar-refractivity contribution < 1.29 is 19.0 Å². The van der Waals surface area contributed by atoms with Crippen LogP contribution in [0.1, 0.15) is 23.7 Å². The van der Waals surface area contributed by atoms with Crippen LogP contribution in [0, 0.1) is 0 Å². The Morgan fingerprint density at radius 2 is 1.56 bits per heavy atom. The monoisotopic (exact) mass is 449 g/mol. The van der Waals surface area contributed by atoms with E-state index in [4.69, 9.17) is 14.2 Å². The Morgan fingerprint density at radius 1 is 0.906 bits per heavy atom. The molecule has 0 radical (unpaired) electrons. The molecule has 1 aliphatic heterocycles. The van der Waals surface area contributed by atoms with Crippen LogP contribution in [0.2, 0.25) is 0 Å². The molecular formula is C26H27NO4S. The van der Waals surface area contributed by atoms with Crippen molar-refractivity contribution in [3.63, 3.8) is 0 Å². The number of benzene rings is 3. The van der Waals surface area contributed by atoms with E-state index in [9.17, 15) is 4.79 Å². The van der Waals surface area contributed by atoms with Crippen molar-refractivity contribution in [2.75, 3.05) is 36.6 Å². The van der Waals surface area contributed by atoms with Gasteiger partial charge in [0.05, 0.1) is 25.6 Å². The third kappa shape index (κ3) is 6.28. The number of hydrogen-bond acceptors (Lipinski definition) is 5. The van der Waals surface area contributed by atoms with Crippen LogP contribution in [0.25, 0.3) is 0 Å². The smallest absolute Gasteiger partial charge is 0.234 e. The number of fused-ring (bicyclic) bond motifs is 1. The van der Waals surface area contributed by atoms with Gasteiger partial charge < -0.3 is 19.5 Å². The Balaban J connectivity index is 1.24. The van der Waals surface area contributed by atoms with Crippen LogP contribution < -0.4 is 14.8 Å². The highest BCUT2D eigenvalue weighted by Crippen LogP contribution is 2.32. The highest BCUT2D eigenvalue weighted by Gasteiger charge is 2.15. The maximum Gasteiger partial charge on any atom is 0.234 e. The van der Waals surface area contributed by atoms with E-state index in [-0.39, 0.29) is 12.0 Å². The molecule has 1 N–H and O–H groups in total. The summed E-state index contributed by atoms with van der Waals surface area (Å²) in [4.78, 5) is 12.3. The summed E-state index contributed by atoms with van der Waals surface area (Å²) in [5, 5.41) is 2.93. The van der Waals surface area contributed by atoms with Gasteiger partial charge in [-0.15, -0.1) is 11.8 Å². The molecule has 0 spiro atoms. The normalized spacial score (nSPS) is 12.9. The van der Waals surface area contributed by atoms with Gasteiger partial charge in [-0.3, -0.25) is 4.79 Å². The van der Waals surface area contributed by atoms with Gasteiger partial charge in [0.15, 0.2) is 11.5 Å². The van der Waals surface area contributed by atoms with Crippen molar-refractivity contribution >= 4 is 23.4 Å².